The molecule has 0 saturated heterocycles. The second kappa shape index (κ2) is 10.3. The topological polar surface area (TPSA) is 87.5 Å². The minimum absolute atomic E-state index is 0.0203. The summed E-state index contributed by atoms with van der Waals surface area (Å²) in [4.78, 5) is 13.6. The summed E-state index contributed by atoms with van der Waals surface area (Å²) < 4.78 is 36.7. The predicted molar refractivity (Wildman–Crippen MR) is 134 cm³/mol. The summed E-state index contributed by atoms with van der Waals surface area (Å²) in [6.07, 6.45) is 2.68. The number of nitrogens with zero attached hydrogens (tertiary/aromatic N) is 2. The second-order valence-electron chi connectivity index (χ2n) is 9.22. The van der Waals surface area contributed by atoms with E-state index in [1.807, 2.05) is 27.7 Å². The van der Waals surface area contributed by atoms with Crippen molar-refractivity contribution in [3.8, 4) is 22.6 Å². The number of benzene rings is 2. The van der Waals surface area contributed by atoms with Gasteiger partial charge < -0.3 is 9.47 Å². The van der Waals surface area contributed by atoms with Crippen molar-refractivity contribution >= 4 is 21.4 Å². The van der Waals surface area contributed by atoms with E-state index in [1.165, 1.54) is 23.0 Å². The molecule has 7 nitrogen and oxygen atoms in total. The van der Waals surface area contributed by atoms with Gasteiger partial charge >= 0.3 is 5.56 Å². The van der Waals surface area contributed by atoms with E-state index < -0.39 is 15.4 Å². The number of sulfone groups is 1. The Labute approximate surface area is 205 Å². The molecule has 0 amide bonds. The second-order valence-corrected chi connectivity index (χ2v) is 11.7. The van der Waals surface area contributed by atoms with Crippen LogP contribution in [0.25, 0.3) is 16.8 Å². The highest BCUT2D eigenvalue weighted by atomic mass is 35.5. The van der Waals surface area contributed by atoms with Crippen LogP contribution >= 0.6 is 11.6 Å². The lowest BCUT2D eigenvalue weighted by Gasteiger charge is -2.23. The van der Waals surface area contributed by atoms with E-state index in [0.29, 0.717) is 28.4 Å². The number of rotatable bonds is 8. The average Bonchev–Trinajstić information content (AvgIpc) is 2.75. The average molecular weight is 505 g/mol. The molecule has 0 bridgehead atoms. The van der Waals surface area contributed by atoms with Crippen LogP contribution in [0.3, 0.4) is 0 Å². The smallest absolute Gasteiger partial charge is 0.314 e. The highest BCUT2D eigenvalue weighted by Crippen LogP contribution is 2.28. The Kier molecular flexibility index (Phi) is 7.85. The number of ether oxygens (including phenoxy) is 2. The van der Waals surface area contributed by atoms with Gasteiger partial charge in [-0.1, -0.05) is 36.7 Å². The summed E-state index contributed by atoms with van der Waals surface area (Å²) in [5.41, 5.74) is 0.856. The summed E-state index contributed by atoms with van der Waals surface area (Å²) in [5.74, 6) is 0.136. The zero-order valence-electron chi connectivity index (χ0n) is 19.9. The van der Waals surface area contributed by atoms with Crippen molar-refractivity contribution in [2.75, 3.05) is 19.5 Å². The molecule has 0 aliphatic rings. The predicted octanol–water partition coefficient (Wildman–Crippen LogP) is 4.79. The van der Waals surface area contributed by atoms with Crippen molar-refractivity contribution in [1.82, 2.24) is 9.78 Å². The molecule has 1 heterocycles. The molecule has 0 spiro atoms. The molecule has 9 heteroatoms. The molecule has 0 fully saturated rings. The van der Waals surface area contributed by atoms with E-state index in [0.717, 1.165) is 6.26 Å². The van der Waals surface area contributed by atoms with E-state index in [2.05, 4.69) is 5.10 Å². The van der Waals surface area contributed by atoms with Crippen molar-refractivity contribution in [2.45, 2.75) is 38.2 Å². The third-order valence-electron chi connectivity index (χ3n) is 4.89. The van der Waals surface area contributed by atoms with Gasteiger partial charge in [0.15, 0.2) is 15.6 Å². The van der Waals surface area contributed by atoms with Gasteiger partial charge in [-0.15, -0.1) is 0 Å². The quantitative estimate of drug-likeness (QED) is 0.438. The van der Waals surface area contributed by atoms with E-state index >= 15 is 0 Å². The molecule has 2 aromatic carbocycles. The largest absolute Gasteiger partial charge is 0.487 e. The molecule has 1 unspecified atom stereocenters. The third-order valence-corrected chi connectivity index (χ3v) is 6.26. The highest BCUT2D eigenvalue weighted by molar-refractivity contribution is 7.90. The van der Waals surface area contributed by atoms with Crippen molar-refractivity contribution < 1.29 is 17.9 Å². The molecule has 0 N–H and O–H groups in total. The minimum Gasteiger partial charge on any atom is -0.487 e. The van der Waals surface area contributed by atoms with Crippen LogP contribution < -0.4 is 10.3 Å². The Balaban J connectivity index is 2.01. The van der Waals surface area contributed by atoms with Gasteiger partial charge in [0.2, 0.25) is 0 Å². The van der Waals surface area contributed by atoms with Crippen molar-refractivity contribution in [2.24, 2.45) is 5.92 Å². The Morgan fingerprint density at radius 3 is 2.35 bits per heavy atom. The Morgan fingerprint density at radius 1 is 1.09 bits per heavy atom. The van der Waals surface area contributed by atoms with Gasteiger partial charge in [-0.3, -0.25) is 4.79 Å². The monoisotopic (exact) mass is 504 g/mol. The number of aromatic nitrogens is 2. The summed E-state index contributed by atoms with van der Waals surface area (Å²) in [5, 5.41) is 4.79. The Bertz CT molecular complexity index is 1310. The van der Waals surface area contributed by atoms with Crippen LogP contribution in [0.5, 0.6) is 5.75 Å². The molecule has 1 atom stereocenters. The van der Waals surface area contributed by atoms with Crippen LogP contribution in [0.2, 0.25) is 5.02 Å². The molecule has 34 heavy (non-hydrogen) atoms. The maximum Gasteiger partial charge on any atom is 0.314 e. The summed E-state index contributed by atoms with van der Waals surface area (Å²) in [7, 11) is -3.35. The van der Waals surface area contributed by atoms with Gasteiger partial charge in [-0.25, -0.2) is 8.42 Å². The van der Waals surface area contributed by atoms with Gasteiger partial charge in [0.1, 0.15) is 0 Å². The van der Waals surface area contributed by atoms with Crippen LogP contribution in [0.1, 0.15) is 27.7 Å². The van der Waals surface area contributed by atoms with Crippen LogP contribution in [-0.4, -0.2) is 43.3 Å². The Hall–Kier alpha value is -2.68. The molecule has 0 aliphatic heterocycles. The lowest BCUT2D eigenvalue weighted by Crippen LogP contribution is -2.27. The molecule has 0 aliphatic carbocycles. The SMILES string of the molecule is CC(COc1c(-c2ccc(S(C)(=O)=O)cc2)cnn(-c2cccc(Cl)c2)c1=O)COC(C)(C)C. The molecule has 1 aromatic heterocycles. The van der Waals surface area contributed by atoms with Crippen molar-refractivity contribution in [1.29, 1.82) is 0 Å². The zero-order chi connectivity index (χ0) is 25.1. The standard InChI is InChI=1S/C25H29ClN2O5S/c1-17(16-33-25(2,3)4)15-32-23-22(18-9-11-21(12-10-18)34(5,30)31)14-27-28(24(23)29)20-8-6-7-19(26)13-20/h6-14,17H,15-16H2,1-5H3. The van der Waals surface area contributed by atoms with E-state index in [9.17, 15) is 13.2 Å². The van der Waals surface area contributed by atoms with E-state index in [1.54, 1.807) is 36.4 Å². The summed E-state index contributed by atoms with van der Waals surface area (Å²) in [6, 6.07) is 13.1. The molecular formula is C25H29ClN2O5S. The first-order valence-electron chi connectivity index (χ1n) is 10.8. The normalized spacial score (nSPS) is 13.0. The first-order valence-corrected chi connectivity index (χ1v) is 13.1. The van der Waals surface area contributed by atoms with E-state index in [4.69, 9.17) is 21.1 Å². The van der Waals surface area contributed by atoms with Gasteiger partial charge in [-0.2, -0.15) is 9.78 Å². The molecule has 0 radical (unpaired) electrons. The zero-order valence-corrected chi connectivity index (χ0v) is 21.5. The lowest BCUT2D eigenvalue weighted by atomic mass is 10.1. The third kappa shape index (κ3) is 6.68. The maximum atomic E-state index is 13.4. The van der Waals surface area contributed by atoms with Crippen molar-refractivity contribution in [3.05, 3.63) is 70.1 Å². The number of hydrogen-bond donors (Lipinski definition) is 0. The summed E-state index contributed by atoms with van der Waals surface area (Å²) >= 11 is 6.10. The molecule has 182 valence electrons. The van der Waals surface area contributed by atoms with Gasteiger partial charge in [-0.05, 0) is 56.7 Å². The maximum absolute atomic E-state index is 13.4. The Morgan fingerprint density at radius 2 is 1.76 bits per heavy atom. The van der Waals surface area contributed by atoms with Gasteiger partial charge in [0.25, 0.3) is 0 Å². The summed E-state index contributed by atoms with van der Waals surface area (Å²) in [6.45, 7) is 8.62. The van der Waals surface area contributed by atoms with E-state index in [-0.39, 0.29) is 28.8 Å². The number of hydrogen-bond acceptors (Lipinski definition) is 6. The highest BCUT2D eigenvalue weighted by Gasteiger charge is 2.19. The number of halogens is 1. The first kappa shape index (κ1) is 25.9. The van der Waals surface area contributed by atoms with Crippen molar-refractivity contribution in [3.63, 3.8) is 0 Å². The molecule has 3 aromatic rings. The lowest BCUT2D eigenvalue weighted by molar-refractivity contribution is -0.0258. The molecule has 3 rings (SSSR count). The minimum atomic E-state index is -3.35. The van der Waals surface area contributed by atoms with Crippen LogP contribution in [0, 0.1) is 5.92 Å². The molecule has 0 saturated carbocycles. The fraction of sp³-hybridized carbons (Fsp3) is 0.360. The molecular weight excluding hydrogens is 476 g/mol. The van der Waals surface area contributed by atoms with Gasteiger partial charge in [0.05, 0.1) is 35.6 Å². The van der Waals surface area contributed by atoms with Gasteiger partial charge in [0, 0.05) is 22.8 Å². The van der Waals surface area contributed by atoms with Crippen LogP contribution in [0.15, 0.2) is 64.4 Å². The fourth-order valence-electron chi connectivity index (χ4n) is 3.12. The fourth-order valence-corrected chi connectivity index (χ4v) is 3.94. The first-order chi connectivity index (χ1) is 15.8. The van der Waals surface area contributed by atoms with Crippen LogP contribution in [-0.2, 0) is 14.6 Å². The van der Waals surface area contributed by atoms with Crippen LogP contribution in [0.4, 0.5) is 0 Å².